The molecule has 1 fully saturated rings. The van der Waals surface area contributed by atoms with Gasteiger partial charge in [-0.15, -0.1) is 0 Å². The molecule has 1 N–H and O–H groups in total. The van der Waals surface area contributed by atoms with Gasteiger partial charge < -0.3 is 5.11 Å². The van der Waals surface area contributed by atoms with E-state index in [1.54, 1.807) is 12.8 Å². The van der Waals surface area contributed by atoms with E-state index in [-0.39, 0.29) is 0 Å². The summed E-state index contributed by atoms with van der Waals surface area (Å²) >= 11 is 1.45. The molecule has 50 valence electrons. The number of rotatable bonds is 0. The first kappa shape index (κ1) is 9.96. The minimum absolute atomic E-state index is 1.00. The molecule has 0 aromatic heterocycles. The predicted octanol–water partition coefficient (Wildman–Crippen LogP) is 1.52. The molecule has 1 saturated carbocycles. The van der Waals surface area contributed by atoms with Gasteiger partial charge in [-0.25, -0.2) is 0 Å². The summed E-state index contributed by atoms with van der Waals surface area (Å²) in [5, 5.41) is 7.00. The van der Waals surface area contributed by atoms with Crippen LogP contribution in [0.1, 0.15) is 32.1 Å². The molecule has 0 spiro atoms. The van der Waals surface area contributed by atoms with Crippen molar-refractivity contribution >= 4 is 27.9 Å². The minimum atomic E-state index is 1.00. The summed E-state index contributed by atoms with van der Waals surface area (Å²) in [5.41, 5.74) is 0. The number of aliphatic hydroxyl groups excluding tert-OH is 1. The Kier molecular flexibility index (Phi) is 7.83. The van der Waals surface area contributed by atoms with Crippen molar-refractivity contribution in [3.63, 3.8) is 0 Å². The molecule has 0 aromatic rings. The Bertz CT molecular complexity index is 50.9. The van der Waals surface area contributed by atoms with Gasteiger partial charge in [-0.05, 0) is 0 Å². The molecule has 2 heteroatoms. The average molecular weight is 138 g/mol. The van der Waals surface area contributed by atoms with Crippen molar-refractivity contribution in [3.8, 4) is 0 Å². The van der Waals surface area contributed by atoms with Crippen molar-refractivity contribution in [2.45, 2.75) is 35.3 Å². The van der Waals surface area contributed by atoms with E-state index in [1.807, 2.05) is 0 Å². The molecule has 0 unspecified atom stereocenters. The Labute approximate surface area is 75.3 Å². The van der Waals surface area contributed by atoms with Gasteiger partial charge in [0.2, 0.25) is 0 Å². The molecule has 0 heterocycles. The monoisotopic (exact) mass is 138 g/mol. The number of hydrogen-bond acceptors (Lipinski definition) is 1. The number of aliphatic hydroxyl groups is 1. The first-order valence-corrected chi connectivity index (χ1v) is 5.00. The van der Waals surface area contributed by atoms with Gasteiger partial charge in [-0.2, -0.15) is 0 Å². The molecule has 9 heavy (non-hydrogen) atoms. The van der Waals surface area contributed by atoms with E-state index in [1.165, 1.54) is 50.4 Å². The topological polar surface area (TPSA) is 20.2 Å². The van der Waals surface area contributed by atoms with Crippen LogP contribution in [0.5, 0.6) is 0 Å². The van der Waals surface area contributed by atoms with E-state index in [0.717, 1.165) is 7.11 Å². The fourth-order valence-corrected chi connectivity index (χ4v) is 2.12. The third-order valence-corrected chi connectivity index (χ3v) is 3.05. The molecular formula is C7H15NaO. The van der Waals surface area contributed by atoms with Crippen LogP contribution in [0.15, 0.2) is 0 Å². The van der Waals surface area contributed by atoms with Crippen LogP contribution in [-0.2, 0) is 0 Å². The fraction of sp³-hybridized carbons (Fsp3) is 1.00. The van der Waals surface area contributed by atoms with E-state index in [2.05, 4.69) is 0 Å². The van der Waals surface area contributed by atoms with E-state index in [0.29, 0.717) is 0 Å². The van der Waals surface area contributed by atoms with Crippen molar-refractivity contribution in [1.29, 1.82) is 0 Å². The van der Waals surface area contributed by atoms with E-state index < -0.39 is 0 Å². The van der Waals surface area contributed by atoms with Gasteiger partial charge in [0.05, 0.1) is 0 Å². The summed E-state index contributed by atoms with van der Waals surface area (Å²) in [4.78, 5) is 0. The normalized spacial score (nSPS) is 20.4. The summed E-state index contributed by atoms with van der Waals surface area (Å²) in [6.07, 6.45) is 7.65. The maximum absolute atomic E-state index is 7.00. The molecule has 0 saturated heterocycles. The molecule has 1 nitrogen and oxygen atoms in total. The molecule has 0 aliphatic heterocycles. The zero-order valence-corrected chi connectivity index (χ0v) is 8.56. The zero-order chi connectivity index (χ0) is 7.11. The van der Waals surface area contributed by atoms with Crippen molar-refractivity contribution in [2.24, 2.45) is 0 Å². The summed E-state index contributed by atoms with van der Waals surface area (Å²) in [7, 11) is 1.00. The van der Waals surface area contributed by atoms with Gasteiger partial charge >= 0.3 is 63.2 Å². The molecular weight excluding hydrogens is 123 g/mol. The van der Waals surface area contributed by atoms with Crippen LogP contribution in [0.2, 0.25) is 3.17 Å². The summed E-state index contributed by atoms with van der Waals surface area (Å²) in [6, 6.07) is 0. The predicted molar refractivity (Wildman–Crippen MR) is 40.7 cm³/mol. The quantitative estimate of drug-likeness (QED) is 0.503. The van der Waals surface area contributed by atoms with Gasteiger partial charge in [0.15, 0.2) is 0 Å². The second-order valence-electron chi connectivity index (χ2n) is 2.74. The van der Waals surface area contributed by atoms with Crippen LogP contribution in [0.25, 0.3) is 0 Å². The standard InChI is InChI=1S/C6H11.CH4O.Na/c1-2-4-6-5-3-1;1-2;/h1H,2-6H2;2H,1H3;. The van der Waals surface area contributed by atoms with Crippen molar-refractivity contribution in [2.75, 3.05) is 7.11 Å². The summed E-state index contributed by atoms with van der Waals surface area (Å²) in [6.45, 7) is 0. The second kappa shape index (κ2) is 7.07. The van der Waals surface area contributed by atoms with Gasteiger partial charge in [0, 0.05) is 7.11 Å². The average Bonchev–Trinajstić information content (AvgIpc) is 1.94. The Balaban J connectivity index is 0.000000291. The molecule has 0 aromatic carbocycles. The van der Waals surface area contributed by atoms with Crippen LogP contribution >= 0.6 is 0 Å². The van der Waals surface area contributed by atoms with Crippen LogP contribution in [0.3, 0.4) is 0 Å². The van der Waals surface area contributed by atoms with Crippen molar-refractivity contribution in [1.82, 2.24) is 0 Å². The SMILES string of the molecule is CO.[Na][CH]1CCCCC1. The number of hydrogen-bond donors (Lipinski definition) is 1. The van der Waals surface area contributed by atoms with Crippen LogP contribution in [0.4, 0.5) is 0 Å². The van der Waals surface area contributed by atoms with Gasteiger partial charge in [0.1, 0.15) is 0 Å². The molecule has 1 aliphatic rings. The Hall–Kier alpha value is 0.960. The van der Waals surface area contributed by atoms with Gasteiger partial charge in [-0.1, -0.05) is 0 Å². The Morgan fingerprint density at radius 1 is 1.11 bits per heavy atom. The molecule has 1 aliphatic carbocycles. The van der Waals surface area contributed by atoms with E-state index in [9.17, 15) is 0 Å². The Morgan fingerprint density at radius 2 is 1.56 bits per heavy atom. The third-order valence-electron chi connectivity index (χ3n) is 1.89. The maximum atomic E-state index is 7.00. The van der Waals surface area contributed by atoms with Crippen molar-refractivity contribution in [3.05, 3.63) is 0 Å². The molecule has 0 bridgehead atoms. The molecule has 0 atom stereocenters. The molecule has 0 amide bonds. The zero-order valence-electron chi connectivity index (χ0n) is 6.56. The summed E-state index contributed by atoms with van der Waals surface area (Å²) in [5.74, 6) is 0. The van der Waals surface area contributed by atoms with Crippen LogP contribution in [0, 0.1) is 0 Å². The van der Waals surface area contributed by atoms with Gasteiger partial charge in [-0.3, -0.25) is 0 Å². The molecule has 0 radical (unpaired) electrons. The first-order valence-electron chi connectivity index (χ1n) is 3.84. The van der Waals surface area contributed by atoms with Gasteiger partial charge in [0.25, 0.3) is 0 Å². The van der Waals surface area contributed by atoms with Crippen molar-refractivity contribution < 1.29 is 5.11 Å². The Morgan fingerprint density at radius 3 is 1.78 bits per heavy atom. The van der Waals surface area contributed by atoms with E-state index >= 15 is 0 Å². The molecule has 1 rings (SSSR count). The fourth-order valence-electron chi connectivity index (χ4n) is 1.31. The first-order chi connectivity index (χ1) is 4.39. The van der Waals surface area contributed by atoms with Crippen LogP contribution in [-0.4, -0.2) is 40.1 Å². The second-order valence-corrected chi connectivity index (χ2v) is 4.38. The van der Waals surface area contributed by atoms with E-state index in [4.69, 9.17) is 5.11 Å². The van der Waals surface area contributed by atoms with Crippen LogP contribution < -0.4 is 0 Å². The summed E-state index contributed by atoms with van der Waals surface area (Å²) < 4.78 is 1.17. The third kappa shape index (κ3) is 5.41.